The number of likely N-dealkylation sites (tertiary alicyclic amines) is 1. The highest BCUT2D eigenvalue weighted by Crippen LogP contribution is 2.27. The van der Waals surface area contributed by atoms with Gasteiger partial charge in [0.2, 0.25) is 5.91 Å². The smallest absolute Gasteiger partial charge is 0.408 e. The predicted octanol–water partition coefficient (Wildman–Crippen LogP) is 0.904. The summed E-state index contributed by atoms with van der Waals surface area (Å²) in [4.78, 5) is 49.1. The van der Waals surface area contributed by atoms with Crippen LogP contribution in [0.2, 0.25) is 0 Å². The van der Waals surface area contributed by atoms with E-state index in [-0.39, 0.29) is 18.9 Å². The van der Waals surface area contributed by atoms with Crippen molar-refractivity contribution in [3.63, 3.8) is 0 Å². The van der Waals surface area contributed by atoms with E-state index in [2.05, 4.69) is 5.32 Å². The van der Waals surface area contributed by atoms with Crippen LogP contribution in [-0.2, 0) is 23.9 Å². The van der Waals surface area contributed by atoms with Gasteiger partial charge in [-0.25, -0.2) is 4.79 Å². The Hall–Kier alpha value is -2.36. The molecule has 10 heteroatoms. The Bertz CT molecular complexity index is 628. The van der Waals surface area contributed by atoms with Gasteiger partial charge in [-0.3, -0.25) is 14.4 Å². The van der Waals surface area contributed by atoms with Crippen LogP contribution in [0.1, 0.15) is 54.4 Å². The molecule has 0 aliphatic carbocycles. The normalized spacial score (nSPS) is 21.4. The van der Waals surface area contributed by atoms with E-state index in [4.69, 9.17) is 14.6 Å². The first-order chi connectivity index (χ1) is 13.2. The number of aliphatic hydroxyl groups is 1. The maximum Gasteiger partial charge on any atom is 0.408 e. The number of rotatable bonds is 7. The Balaban J connectivity index is 3.07. The SMILES string of the molecule is CC(=O)O[C@@H]1CCN(C(=O)C(NC(=O)OC(C)(C)C)C(C)C)[C@@H]1C(O)CC(=O)O. The summed E-state index contributed by atoms with van der Waals surface area (Å²) in [5.41, 5.74) is -0.747. The number of nitrogens with zero attached hydrogens (tertiary/aromatic N) is 1. The number of carbonyl (C=O) groups excluding carboxylic acids is 3. The Morgan fingerprint density at radius 2 is 1.79 bits per heavy atom. The number of nitrogens with one attached hydrogen (secondary N) is 1. The van der Waals surface area contributed by atoms with Gasteiger partial charge in [-0.1, -0.05) is 13.8 Å². The fourth-order valence-corrected chi connectivity index (χ4v) is 3.27. The van der Waals surface area contributed by atoms with Crippen LogP contribution in [0.4, 0.5) is 4.79 Å². The Morgan fingerprint density at radius 3 is 2.24 bits per heavy atom. The Morgan fingerprint density at radius 1 is 1.21 bits per heavy atom. The maximum absolute atomic E-state index is 13.2. The fourth-order valence-electron chi connectivity index (χ4n) is 3.27. The average molecular weight is 416 g/mol. The third-order valence-electron chi connectivity index (χ3n) is 4.38. The van der Waals surface area contributed by atoms with E-state index in [0.29, 0.717) is 0 Å². The van der Waals surface area contributed by atoms with Crippen LogP contribution >= 0.6 is 0 Å². The highest BCUT2D eigenvalue weighted by molar-refractivity contribution is 5.86. The molecule has 0 spiro atoms. The molecule has 0 bridgehead atoms. The van der Waals surface area contributed by atoms with Crippen LogP contribution in [0.25, 0.3) is 0 Å². The summed E-state index contributed by atoms with van der Waals surface area (Å²) in [6, 6.07) is -1.98. The molecule has 1 saturated heterocycles. The highest BCUT2D eigenvalue weighted by Gasteiger charge is 2.46. The number of carboxylic acids is 1. The van der Waals surface area contributed by atoms with Crippen molar-refractivity contribution in [1.29, 1.82) is 0 Å². The van der Waals surface area contributed by atoms with Crippen molar-refractivity contribution in [1.82, 2.24) is 10.2 Å². The second kappa shape index (κ2) is 9.91. The monoisotopic (exact) mass is 416 g/mol. The number of hydrogen-bond acceptors (Lipinski definition) is 7. The Kier molecular flexibility index (Phi) is 8.43. The Labute approximate surface area is 170 Å². The third kappa shape index (κ3) is 7.52. The van der Waals surface area contributed by atoms with Gasteiger partial charge >= 0.3 is 18.0 Å². The van der Waals surface area contributed by atoms with Crippen LogP contribution in [0.3, 0.4) is 0 Å². The molecule has 2 unspecified atom stereocenters. The topological polar surface area (TPSA) is 142 Å². The number of alkyl carbamates (subject to hydrolysis) is 1. The first kappa shape index (κ1) is 24.7. The molecule has 29 heavy (non-hydrogen) atoms. The van der Waals surface area contributed by atoms with Gasteiger partial charge in [-0.2, -0.15) is 0 Å². The number of ether oxygens (including phenoxy) is 2. The molecule has 1 aliphatic rings. The standard InChI is InChI=1S/C19H32N2O8/c1-10(2)15(20-18(27)29-19(4,5)6)17(26)21-8-7-13(28-11(3)22)16(21)12(23)9-14(24)25/h10,12-13,15-16,23H,7-9H2,1-6H3,(H,20,27)(H,24,25)/t12?,13-,15?,16-/m1/s1. The molecular formula is C19H32N2O8. The lowest BCUT2D eigenvalue weighted by atomic mass is 9.99. The lowest BCUT2D eigenvalue weighted by molar-refractivity contribution is -0.154. The molecule has 166 valence electrons. The van der Waals surface area contributed by atoms with E-state index >= 15 is 0 Å². The molecule has 3 N–H and O–H groups in total. The molecule has 10 nitrogen and oxygen atoms in total. The molecule has 1 heterocycles. The van der Waals surface area contributed by atoms with Crippen molar-refractivity contribution in [2.45, 2.75) is 84.3 Å². The predicted molar refractivity (Wildman–Crippen MR) is 102 cm³/mol. The average Bonchev–Trinajstić information content (AvgIpc) is 2.92. The van der Waals surface area contributed by atoms with E-state index in [1.54, 1.807) is 34.6 Å². The van der Waals surface area contributed by atoms with E-state index in [1.807, 2.05) is 0 Å². The second-order valence-corrected chi connectivity index (χ2v) is 8.49. The molecule has 0 aromatic rings. The highest BCUT2D eigenvalue weighted by atomic mass is 16.6. The van der Waals surface area contributed by atoms with Crippen LogP contribution in [-0.4, -0.2) is 75.5 Å². The lowest BCUT2D eigenvalue weighted by Gasteiger charge is -2.34. The van der Waals surface area contributed by atoms with Crippen LogP contribution < -0.4 is 5.32 Å². The fraction of sp³-hybridized carbons (Fsp3) is 0.789. The molecule has 2 amide bonds. The largest absolute Gasteiger partial charge is 0.481 e. The number of amides is 2. The zero-order valence-electron chi connectivity index (χ0n) is 17.8. The van der Waals surface area contributed by atoms with Gasteiger partial charge in [0.1, 0.15) is 17.7 Å². The van der Waals surface area contributed by atoms with Crippen molar-refractivity contribution in [3.05, 3.63) is 0 Å². The van der Waals surface area contributed by atoms with E-state index in [1.165, 1.54) is 11.8 Å². The molecule has 0 radical (unpaired) electrons. The van der Waals surface area contributed by atoms with Crippen LogP contribution in [0, 0.1) is 5.92 Å². The number of carboxylic acid groups (broad SMARTS) is 1. The minimum Gasteiger partial charge on any atom is -0.481 e. The van der Waals surface area contributed by atoms with Gasteiger partial charge in [-0.15, -0.1) is 0 Å². The number of aliphatic carboxylic acids is 1. The first-order valence-corrected chi connectivity index (χ1v) is 9.60. The van der Waals surface area contributed by atoms with Gasteiger partial charge in [0.05, 0.1) is 18.6 Å². The maximum atomic E-state index is 13.2. The van der Waals surface area contributed by atoms with Gasteiger partial charge in [0, 0.05) is 19.9 Å². The summed E-state index contributed by atoms with van der Waals surface area (Å²) in [6.07, 6.45) is -3.39. The summed E-state index contributed by atoms with van der Waals surface area (Å²) in [6.45, 7) is 9.91. The molecule has 1 rings (SSSR count). The summed E-state index contributed by atoms with van der Waals surface area (Å²) < 4.78 is 10.4. The van der Waals surface area contributed by atoms with Crippen LogP contribution in [0.5, 0.6) is 0 Å². The minimum absolute atomic E-state index is 0.150. The molecule has 1 aliphatic heterocycles. The quantitative estimate of drug-likeness (QED) is 0.520. The second-order valence-electron chi connectivity index (χ2n) is 8.49. The van der Waals surface area contributed by atoms with Crippen molar-refractivity contribution >= 4 is 23.9 Å². The van der Waals surface area contributed by atoms with Gasteiger partial charge < -0.3 is 29.9 Å². The third-order valence-corrected chi connectivity index (χ3v) is 4.38. The summed E-state index contributed by atoms with van der Waals surface area (Å²) in [5.74, 6) is -2.65. The van der Waals surface area contributed by atoms with E-state index < -0.39 is 60.3 Å². The van der Waals surface area contributed by atoms with Gasteiger partial charge in [0.15, 0.2) is 0 Å². The number of hydrogen-bond donors (Lipinski definition) is 3. The minimum atomic E-state index is -1.43. The molecule has 4 atom stereocenters. The van der Waals surface area contributed by atoms with Crippen molar-refractivity contribution in [3.8, 4) is 0 Å². The number of carbonyl (C=O) groups is 4. The van der Waals surface area contributed by atoms with E-state index in [0.717, 1.165) is 0 Å². The molecule has 1 fully saturated rings. The van der Waals surface area contributed by atoms with Crippen molar-refractivity contribution in [2.75, 3.05) is 6.54 Å². The van der Waals surface area contributed by atoms with Crippen molar-refractivity contribution in [2.24, 2.45) is 5.92 Å². The zero-order valence-corrected chi connectivity index (χ0v) is 17.8. The number of esters is 1. The summed E-state index contributed by atoms with van der Waals surface area (Å²) >= 11 is 0. The van der Waals surface area contributed by atoms with Gasteiger partial charge in [0.25, 0.3) is 0 Å². The van der Waals surface area contributed by atoms with Crippen LogP contribution in [0.15, 0.2) is 0 Å². The first-order valence-electron chi connectivity index (χ1n) is 9.60. The molecule has 0 aromatic heterocycles. The van der Waals surface area contributed by atoms with Crippen molar-refractivity contribution < 1.29 is 38.9 Å². The molecule has 0 saturated carbocycles. The summed E-state index contributed by atoms with van der Waals surface area (Å²) in [5, 5.41) is 22.0. The zero-order chi connectivity index (χ0) is 22.5. The van der Waals surface area contributed by atoms with E-state index in [9.17, 15) is 24.3 Å². The number of aliphatic hydroxyl groups excluding tert-OH is 1. The molecule has 0 aromatic carbocycles. The lowest BCUT2D eigenvalue weighted by Crippen LogP contribution is -2.57. The molecular weight excluding hydrogens is 384 g/mol. The summed E-state index contributed by atoms with van der Waals surface area (Å²) in [7, 11) is 0. The van der Waals surface area contributed by atoms with Gasteiger partial charge in [-0.05, 0) is 26.7 Å².